The summed E-state index contributed by atoms with van der Waals surface area (Å²) in [6.45, 7) is 5.93. The van der Waals surface area contributed by atoms with Crippen molar-refractivity contribution in [1.82, 2.24) is 5.32 Å². The molecule has 3 saturated heterocycles. The summed E-state index contributed by atoms with van der Waals surface area (Å²) >= 11 is 0. The van der Waals surface area contributed by atoms with Crippen molar-refractivity contribution in [2.45, 2.75) is 75.3 Å². The van der Waals surface area contributed by atoms with Gasteiger partial charge in [-0.2, -0.15) is 0 Å². The van der Waals surface area contributed by atoms with Crippen molar-refractivity contribution >= 4 is 29.2 Å². The van der Waals surface area contributed by atoms with Crippen molar-refractivity contribution in [3.8, 4) is 11.5 Å². The zero-order chi connectivity index (χ0) is 37.5. The average molecular weight is 723 g/mol. The summed E-state index contributed by atoms with van der Waals surface area (Å²) < 4.78 is 17.6. The fraction of sp³-hybridized carbons (Fsp3) is 0.541. The van der Waals surface area contributed by atoms with E-state index >= 15 is 0 Å². The van der Waals surface area contributed by atoms with Crippen molar-refractivity contribution in [1.29, 1.82) is 0 Å². The average Bonchev–Trinajstić information content (AvgIpc) is 3.61. The van der Waals surface area contributed by atoms with E-state index < -0.39 is 28.9 Å². The summed E-state index contributed by atoms with van der Waals surface area (Å²) in [7, 11) is 3.37. The number of nitro groups is 1. The van der Waals surface area contributed by atoms with Crippen molar-refractivity contribution < 1.29 is 53.7 Å². The molecule has 15 heteroatoms. The van der Waals surface area contributed by atoms with Crippen LogP contribution in [0.15, 0.2) is 48.0 Å². The third-order valence-corrected chi connectivity index (χ3v) is 11.7. The Balaban J connectivity index is 0.000000172. The number of aliphatic carboxylic acids is 1. The fourth-order valence-electron chi connectivity index (χ4n) is 9.32. The Labute approximate surface area is 301 Å². The van der Waals surface area contributed by atoms with E-state index in [4.69, 9.17) is 24.4 Å². The Bertz CT molecular complexity index is 1760. The molecule has 0 aromatic heterocycles. The zero-order valence-electron chi connectivity index (χ0n) is 29.7. The molecule has 15 nitrogen and oxygen atoms in total. The second-order valence-corrected chi connectivity index (χ2v) is 14.2. The Morgan fingerprint density at radius 3 is 2.58 bits per heavy atom. The van der Waals surface area contributed by atoms with Gasteiger partial charge in [-0.05, 0) is 42.5 Å². The smallest absolute Gasteiger partial charge is 0.270 e. The summed E-state index contributed by atoms with van der Waals surface area (Å²) in [6.07, 6.45) is 5.34. The highest BCUT2D eigenvalue weighted by atomic mass is 16.6. The van der Waals surface area contributed by atoms with Crippen LogP contribution in [0.5, 0.6) is 11.5 Å². The lowest BCUT2D eigenvalue weighted by atomic mass is 9.53. The van der Waals surface area contributed by atoms with Crippen LogP contribution in [0.3, 0.4) is 0 Å². The van der Waals surface area contributed by atoms with Gasteiger partial charge in [0, 0.05) is 42.5 Å². The topological polar surface area (TPSA) is 205 Å². The molecule has 9 atom stereocenters. The number of aliphatic hydroxyl groups is 2. The number of nitrogens with zero attached hydrogens (tertiary/aromatic N) is 2. The van der Waals surface area contributed by atoms with Gasteiger partial charge in [0.05, 0.1) is 93.2 Å². The molecule has 0 radical (unpaired) electrons. The number of quaternary nitrogens is 1. The molecule has 2 amide bonds. The molecule has 6 aliphatic rings. The molecule has 1 saturated carbocycles. The van der Waals surface area contributed by atoms with Gasteiger partial charge in [0.2, 0.25) is 5.91 Å². The molecule has 8 rings (SSSR count). The molecule has 4 fully saturated rings. The van der Waals surface area contributed by atoms with E-state index in [2.05, 4.69) is 28.4 Å². The van der Waals surface area contributed by atoms with Gasteiger partial charge in [0.15, 0.2) is 11.5 Å². The molecule has 1 unspecified atom stereocenters. The van der Waals surface area contributed by atoms with Crippen molar-refractivity contribution in [2.75, 3.05) is 45.4 Å². The van der Waals surface area contributed by atoms with Gasteiger partial charge >= 0.3 is 0 Å². The highest BCUT2D eigenvalue weighted by Gasteiger charge is 2.73. The number of carboxylic acid groups (broad SMARTS) is 1. The number of aliphatic hydroxyl groups excluding tert-OH is 2. The number of carbonyl (C=O) groups is 3. The first kappa shape index (κ1) is 37.2. The molecule has 2 bridgehead atoms. The normalized spacial score (nSPS) is 29.4. The van der Waals surface area contributed by atoms with Gasteiger partial charge < -0.3 is 49.4 Å². The molecular weight excluding hydrogens is 676 g/mol. The first-order chi connectivity index (χ1) is 24.9. The quantitative estimate of drug-likeness (QED) is 0.161. The Morgan fingerprint density at radius 1 is 1.21 bits per heavy atom. The molecule has 2 aromatic carbocycles. The van der Waals surface area contributed by atoms with Crippen molar-refractivity contribution in [3.63, 3.8) is 0 Å². The number of benzene rings is 2. The molecule has 1 spiro atoms. The zero-order valence-corrected chi connectivity index (χ0v) is 29.7. The molecule has 280 valence electrons. The van der Waals surface area contributed by atoms with Crippen LogP contribution >= 0.6 is 0 Å². The lowest BCUT2D eigenvalue weighted by Gasteiger charge is -2.56. The van der Waals surface area contributed by atoms with Crippen LogP contribution in [0.4, 0.5) is 11.4 Å². The van der Waals surface area contributed by atoms with Crippen LogP contribution in [-0.4, -0.2) is 104 Å². The summed E-state index contributed by atoms with van der Waals surface area (Å²) in [4.78, 5) is 49.1. The molecule has 4 N–H and O–H groups in total. The number of rotatable bonds is 8. The Hall–Kier alpha value is -4.57. The number of piperidine rings is 2. The van der Waals surface area contributed by atoms with Gasteiger partial charge in [-0.25, -0.2) is 0 Å². The standard InChI is InChI=1S/C23H26N2O4.C10H10N2O5.C4H10O2/c1-27-16-8-14-15(9-17(16)28-2)25-20(26)10-18-21-13-7-19-23(14,22(21)25)4-5-24(19)11-12(13)3-6-29-18;1-6(10(14)15)11-9(13)7-3-2-4-8(5-7)12(16)17;1-2-4(6)3-5/h3,8-9,13,18-19,21-22H,4-7,10-11H2,1-2H3;2-6H,1H3,(H,11,13)(H,14,15);4-6H,2-3H2,1H3/t13-,18-,19-,21-,22-,23+;6-;4-/m010/s1. The number of amides is 2. The van der Waals surface area contributed by atoms with E-state index in [1.807, 2.05) is 6.92 Å². The maximum Gasteiger partial charge on any atom is 0.270 e. The Kier molecular flexibility index (Phi) is 10.6. The maximum atomic E-state index is 13.5. The molecular formula is C37H46N4O11. The Morgan fingerprint density at radius 2 is 1.94 bits per heavy atom. The van der Waals surface area contributed by atoms with Gasteiger partial charge in [0.25, 0.3) is 11.6 Å². The molecule has 5 aliphatic heterocycles. The number of hydrogen-bond donors (Lipinski definition) is 4. The van der Waals surface area contributed by atoms with E-state index in [0.29, 0.717) is 43.1 Å². The number of non-ortho nitro benzene ring substituents is 1. The monoisotopic (exact) mass is 722 g/mol. The number of nitro benzene ring substituents is 1. The minimum Gasteiger partial charge on any atom is -0.548 e. The number of hydrogen-bond acceptors (Lipinski definition) is 11. The van der Waals surface area contributed by atoms with Gasteiger partial charge in [-0.15, -0.1) is 0 Å². The van der Waals surface area contributed by atoms with Crippen LogP contribution in [0.1, 0.15) is 55.5 Å². The summed E-state index contributed by atoms with van der Waals surface area (Å²) in [5.74, 6) is 0.503. The second-order valence-electron chi connectivity index (χ2n) is 14.2. The third-order valence-electron chi connectivity index (χ3n) is 11.7. The van der Waals surface area contributed by atoms with E-state index in [1.165, 1.54) is 43.7 Å². The minimum absolute atomic E-state index is 0.0128. The molecule has 5 heterocycles. The van der Waals surface area contributed by atoms with E-state index in [0.717, 1.165) is 30.5 Å². The number of nitrogens with one attached hydrogen (secondary N) is 2. The SMILES string of the molecule is CC[C@H](O)CO.COc1cc2c(cc1OC)[C@@]13CC[NH+]4CC5=CCO[C@H]6CC(=O)N2[C@H]1[C@H]6[C@H]5C[C@H]43.C[C@@H](NC(=O)c1cccc([N+](=O)[O-])c1)C(=O)[O-]. The second kappa shape index (κ2) is 14.8. The largest absolute Gasteiger partial charge is 0.548 e. The van der Waals surface area contributed by atoms with Crippen LogP contribution in [0.25, 0.3) is 0 Å². The predicted molar refractivity (Wildman–Crippen MR) is 184 cm³/mol. The summed E-state index contributed by atoms with van der Waals surface area (Å²) in [5.41, 5.74) is 3.74. The molecule has 2 aromatic rings. The number of ether oxygens (including phenoxy) is 3. The third kappa shape index (κ3) is 6.29. The van der Waals surface area contributed by atoms with Crippen molar-refractivity contribution in [2.24, 2.45) is 11.8 Å². The van der Waals surface area contributed by atoms with E-state index in [9.17, 15) is 29.6 Å². The van der Waals surface area contributed by atoms with E-state index in [-0.39, 0.29) is 41.3 Å². The predicted octanol–water partition coefficient (Wildman–Crippen LogP) is -0.0948. The van der Waals surface area contributed by atoms with Crippen LogP contribution in [0, 0.1) is 22.0 Å². The lowest BCUT2D eigenvalue weighted by molar-refractivity contribution is -0.916. The lowest BCUT2D eigenvalue weighted by Crippen LogP contribution is -3.16. The first-order valence-corrected chi connectivity index (χ1v) is 17.7. The first-order valence-electron chi connectivity index (χ1n) is 17.7. The number of fused-ring (bicyclic) bond motifs is 2. The van der Waals surface area contributed by atoms with Gasteiger partial charge in [0.1, 0.15) is 6.04 Å². The van der Waals surface area contributed by atoms with Crippen LogP contribution < -0.4 is 29.7 Å². The number of carbonyl (C=O) groups excluding carboxylic acids is 3. The van der Waals surface area contributed by atoms with Gasteiger partial charge in [-0.1, -0.05) is 19.1 Å². The van der Waals surface area contributed by atoms with Crippen molar-refractivity contribution in [3.05, 3.63) is 69.3 Å². The molecule has 52 heavy (non-hydrogen) atoms. The highest BCUT2D eigenvalue weighted by Crippen LogP contribution is 2.63. The maximum absolute atomic E-state index is 13.5. The van der Waals surface area contributed by atoms with Gasteiger partial charge in [-0.3, -0.25) is 19.7 Å². The number of methoxy groups -OCH3 is 2. The number of carboxylic acids is 1. The minimum atomic E-state index is -1.43. The summed E-state index contributed by atoms with van der Waals surface area (Å²) in [6, 6.07) is 8.83. The van der Waals surface area contributed by atoms with E-state index in [1.54, 1.807) is 24.7 Å². The fourth-order valence-corrected chi connectivity index (χ4v) is 9.32. The molecule has 1 aliphatic carbocycles. The van der Waals surface area contributed by atoms with Crippen LogP contribution in [-0.2, 0) is 19.7 Å². The van der Waals surface area contributed by atoms with Crippen LogP contribution in [0.2, 0.25) is 0 Å². The number of anilines is 1. The summed E-state index contributed by atoms with van der Waals surface area (Å²) in [5, 5.41) is 39.5. The highest BCUT2D eigenvalue weighted by molar-refractivity contribution is 6.00.